The van der Waals surface area contributed by atoms with E-state index in [0.29, 0.717) is 29.1 Å². The first-order valence-electron chi connectivity index (χ1n) is 8.50. The van der Waals surface area contributed by atoms with Crippen molar-refractivity contribution >= 4 is 77.5 Å². The highest BCUT2D eigenvalue weighted by Crippen LogP contribution is 2.62. The molecule has 0 atom stereocenters. The lowest BCUT2D eigenvalue weighted by molar-refractivity contribution is 0.275. The maximum atomic E-state index is 10.2. The maximum Gasteiger partial charge on any atom is 0.466 e. The zero-order valence-electron chi connectivity index (χ0n) is 16.9. The van der Waals surface area contributed by atoms with Gasteiger partial charge in [-0.1, -0.05) is 34.6 Å². The van der Waals surface area contributed by atoms with E-state index in [1.54, 1.807) is 23.9 Å². The second kappa shape index (κ2) is 16.5. The van der Waals surface area contributed by atoms with Gasteiger partial charge in [-0.2, -0.15) is 0 Å². The Morgan fingerprint density at radius 3 is 2.19 bits per heavy atom. The Kier molecular flexibility index (Phi) is 16.4. The number of hydrogen-bond acceptors (Lipinski definition) is 9. The molecule has 0 fully saturated rings. The fourth-order valence-corrected chi connectivity index (χ4v) is 9.09. The molecule has 1 aromatic carbocycles. The maximum absolute atomic E-state index is 10.2. The lowest BCUT2D eigenvalue weighted by atomic mass is 10.4. The van der Waals surface area contributed by atoms with Gasteiger partial charge in [0, 0.05) is 16.1 Å². The summed E-state index contributed by atoms with van der Waals surface area (Å²) in [5.74, 6) is 0.338. The zero-order valence-corrected chi connectivity index (χ0v) is 22.6. The van der Waals surface area contributed by atoms with Gasteiger partial charge >= 0.3 is 13.5 Å². The number of phosphoric acid groups is 1. The molecule has 0 aliphatic carbocycles. The molecule has 6 N–H and O–H groups in total. The molecule has 182 valence electrons. The van der Waals surface area contributed by atoms with Gasteiger partial charge in [0.05, 0.1) is 23.3 Å². The van der Waals surface area contributed by atoms with Crippen LogP contribution in [0, 0.1) is 0 Å². The summed E-state index contributed by atoms with van der Waals surface area (Å²) in [4.78, 5) is 38.4. The summed E-state index contributed by atoms with van der Waals surface area (Å²) in [5.41, 5.74) is 2.52. The molecule has 0 radical (unpaired) electrons. The summed E-state index contributed by atoms with van der Waals surface area (Å²) >= 11 is 20.6. The van der Waals surface area contributed by atoms with E-state index in [1.165, 1.54) is 23.6 Å². The summed E-state index contributed by atoms with van der Waals surface area (Å²) in [6.07, 6.45) is 1.36. The molecule has 0 spiro atoms. The minimum absolute atomic E-state index is 0.338. The van der Waals surface area contributed by atoms with Crippen LogP contribution in [0.4, 0.5) is 5.82 Å². The van der Waals surface area contributed by atoms with Gasteiger partial charge in [-0.3, -0.25) is 4.98 Å². The van der Waals surface area contributed by atoms with Crippen molar-refractivity contribution in [3.63, 3.8) is 0 Å². The van der Waals surface area contributed by atoms with Crippen LogP contribution in [0.5, 0.6) is 0 Å². The van der Waals surface area contributed by atoms with Gasteiger partial charge in [-0.05, 0) is 49.9 Å². The molecule has 0 unspecified atom stereocenters. The van der Waals surface area contributed by atoms with E-state index in [1.807, 2.05) is 19.9 Å². The molecule has 0 aliphatic heterocycles. The Hall–Kier alpha value is -0.140. The standard InChI is InChI=1S/C11H15Cl2O2PS3.C4H5N3O.H3O4P/c1-3-14-16(17,15-4-2)19-8-18-11-7-9(12)5-6-10(11)13;5-3-1-2-6-4(8)7-3;1-5(2,3)4/h5-7H,3-4,8H2,1-2H3;1-2H,(H3,5,6,7,8);(H3,1,2,3,4). The SMILES string of the molecule is CCOP(=S)(OCC)SCSc1cc(Cl)ccc1Cl.Nc1ccnc(=O)[nH]1.O=P(O)(O)O. The average Bonchev–Trinajstić information content (AvgIpc) is 2.64. The number of benzene rings is 1. The minimum atomic E-state index is -4.64. The van der Waals surface area contributed by atoms with Crippen molar-refractivity contribution in [1.82, 2.24) is 9.97 Å². The summed E-state index contributed by atoms with van der Waals surface area (Å²) in [6.45, 7) is 4.96. The third-order valence-corrected chi connectivity index (χ3v) is 10.4. The van der Waals surface area contributed by atoms with Gasteiger partial charge < -0.3 is 29.5 Å². The van der Waals surface area contributed by atoms with Gasteiger partial charge in [0.25, 0.3) is 0 Å². The van der Waals surface area contributed by atoms with Crippen LogP contribution >= 0.6 is 59.9 Å². The van der Waals surface area contributed by atoms with Crippen LogP contribution in [-0.4, -0.2) is 42.9 Å². The van der Waals surface area contributed by atoms with Crippen LogP contribution in [0.3, 0.4) is 0 Å². The first kappa shape index (κ1) is 31.9. The van der Waals surface area contributed by atoms with Crippen LogP contribution in [0.2, 0.25) is 10.0 Å². The predicted octanol–water partition coefficient (Wildman–Crippen LogP) is 4.50. The lowest BCUT2D eigenvalue weighted by Gasteiger charge is -2.19. The zero-order chi connectivity index (χ0) is 24.8. The smallest absolute Gasteiger partial charge is 0.385 e. The average molecular weight is 586 g/mol. The molecule has 10 nitrogen and oxygen atoms in total. The van der Waals surface area contributed by atoms with Crippen LogP contribution in [0.25, 0.3) is 0 Å². The highest BCUT2D eigenvalue weighted by atomic mass is 35.5. The van der Waals surface area contributed by atoms with Crippen molar-refractivity contribution in [2.24, 2.45) is 0 Å². The molecule has 0 saturated heterocycles. The number of thioether (sulfide) groups is 1. The highest BCUT2D eigenvalue weighted by molar-refractivity contribution is 8.69. The van der Waals surface area contributed by atoms with Crippen molar-refractivity contribution < 1.29 is 28.3 Å². The number of H-pyrrole nitrogens is 1. The lowest BCUT2D eigenvalue weighted by Crippen LogP contribution is -2.10. The quantitative estimate of drug-likeness (QED) is 0.167. The summed E-state index contributed by atoms with van der Waals surface area (Å²) < 4.78 is 20.0. The van der Waals surface area contributed by atoms with E-state index in [4.69, 9.17) is 69.0 Å². The van der Waals surface area contributed by atoms with Crippen LogP contribution in [-0.2, 0) is 25.4 Å². The number of nitrogens with one attached hydrogen (secondary N) is 1. The van der Waals surface area contributed by atoms with E-state index in [9.17, 15) is 4.79 Å². The fraction of sp³-hybridized carbons (Fsp3) is 0.333. The normalized spacial score (nSPS) is 11.1. The van der Waals surface area contributed by atoms with Crippen molar-refractivity contribution in [2.45, 2.75) is 18.7 Å². The van der Waals surface area contributed by atoms with Gasteiger partial charge in [0.2, 0.25) is 5.69 Å². The summed E-state index contributed by atoms with van der Waals surface area (Å²) in [7, 11) is -4.64. The van der Waals surface area contributed by atoms with Crippen LogP contribution in [0.15, 0.2) is 40.2 Å². The number of nitrogen functional groups attached to an aromatic ring is 1. The van der Waals surface area contributed by atoms with Gasteiger partial charge in [-0.25, -0.2) is 14.3 Å². The molecule has 0 bridgehead atoms. The molecule has 0 saturated carbocycles. The van der Waals surface area contributed by atoms with Crippen molar-refractivity contribution in [2.75, 3.05) is 24.0 Å². The minimum Gasteiger partial charge on any atom is -0.385 e. The molecule has 1 aromatic heterocycles. The van der Waals surface area contributed by atoms with Crippen molar-refractivity contribution in [3.05, 3.63) is 51.0 Å². The topological polar surface area (TPSA) is 168 Å². The molecule has 2 aromatic rings. The van der Waals surface area contributed by atoms with E-state index < -0.39 is 19.2 Å². The van der Waals surface area contributed by atoms with E-state index >= 15 is 0 Å². The molecular weight excluding hydrogens is 563 g/mol. The van der Waals surface area contributed by atoms with Gasteiger partial charge in [0.1, 0.15) is 5.82 Å². The van der Waals surface area contributed by atoms with Crippen molar-refractivity contribution in [3.8, 4) is 0 Å². The predicted molar refractivity (Wildman–Crippen MR) is 136 cm³/mol. The van der Waals surface area contributed by atoms with Gasteiger partial charge in [-0.15, -0.1) is 11.8 Å². The summed E-state index contributed by atoms with van der Waals surface area (Å²) in [5, 5.41) is 2.08. The Morgan fingerprint density at radius 2 is 1.75 bits per heavy atom. The Bertz CT molecular complexity index is 963. The first-order valence-corrected chi connectivity index (χ1v) is 16.0. The highest BCUT2D eigenvalue weighted by Gasteiger charge is 2.19. The number of aromatic amines is 1. The third-order valence-electron chi connectivity index (χ3n) is 2.59. The molecule has 32 heavy (non-hydrogen) atoms. The Morgan fingerprint density at radius 1 is 1.19 bits per heavy atom. The molecule has 1 heterocycles. The fourth-order valence-electron chi connectivity index (χ4n) is 1.55. The Labute approximate surface area is 208 Å². The van der Waals surface area contributed by atoms with E-state index in [2.05, 4.69) is 9.97 Å². The number of aromatic nitrogens is 2. The number of nitrogens with two attached hydrogens (primary N) is 1. The molecule has 0 amide bonds. The number of nitrogens with zero attached hydrogens (tertiary/aromatic N) is 1. The Balaban J connectivity index is 0.000000602. The molecule has 2 rings (SSSR count). The van der Waals surface area contributed by atoms with Crippen molar-refractivity contribution in [1.29, 1.82) is 0 Å². The molecule has 0 aliphatic rings. The first-order chi connectivity index (χ1) is 14.8. The second-order valence-electron chi connectivity index (χ2n) is 5.09. The van der Waals surface area contributed by atoms with Crippen LogP contribution < -0.4 is 11.4 Å². The summed E-state index contributed by atoms with van der Waals surface area (Å²) in [6, 6.07) is 6.92. The number of anilines is 1. The largest absolute Gasteiger partial charge is 0.466 e. The second-order valence-corrected chi connectivity index (χ2v) is 14.7. The number of rotatable bonds is 8. The van der Waals surface area contributed by atoms with Crippen LogP contribution in [0.1, 0.15) is 13.8 Å². The number of hydrogen-bond donors (Lipinski definition) is 5. The van der Waals surface area contributed by atoms with E-state index in [0.717, 1.165) is 9.98 Å². The number of halogens is 2. The molecular formula is C15H23Cl2N3O7P2S3. The van der Waals surface area contributed by atoms with Gasteiger partial charge in [0.15, 0.2) is 0 Å². The monoisotopic (exact) mass is 585 g/mol. The van der Waals surface area contributed by atoms with E-state index in [-0.39, 0.29) is 0 Å². The molecule has 17 heteroatoms. The third kappa shape index (κ3) is 17.4.